The van der Waals surface area contributed by atoms with Crippen LogP contribution in [0, 0.1) is 5.92 Å². The number of hydrogen-bond donors (Lipinski definition) is 3. The Hall–Kier alpha value is -3.12. The molecule has 0 radical (unpaired) electrons. The van der Waals surface area contributed by atoms with Gasteiger partial charge < -0.3 is 15.0 Å². The van der Waals surface area contributed by atoms with Crippen LogP contribution < -0.4 is 15.6 Å². The quantitative estimate of drug-likeness (QED) is 0.386. The molecule has 3 rings (SSSR count). The van der Waals surface area contributed by atoms with Crippen LogP contribution in [0.1, 0.15) is 44.5 Å². The van der Waals surface area contributed by atoms with Crippen molar-refractivity contribution in [2.75, 3.05) is 22.9 Å². The van der Waals surface area contributed by atoms with Crippen molar-refractivity contribution in [1.82, 2.24) is 24.5 Å². The van der Waals surface area contributed by atoms with Crippen LogP contribution >= 0.6 is 0 Å². The van der Waals surface area contributed by atoms with Gasteiger partial charge in [0.15, 0.2) is 0 Å². The predicted octanol–water partition coefficient (Wildman–Crippen LogP) is 1.66. The Labute approximate surface area is 198 Å². The molecule has 3 aromatic rings. The van der Waals surface area contributed by atoms with Gasteiger partial charge in [-0.2, -0.15) is 15.0 Å². The molecule has 0 aliphatic carbocycles. The summed E-state index contributed by atoms with van der Waals surface area (Å²) in [6, 6.07) is 5.16. The van der Waals surface area contributed by atoms with Gasteiger partial charge >= 0.3 is 0 Å². The molecule has 0 saturated carbocycles. The lowest BCUT2D eigenvalue weighted by molar-refractivity contribution is 0.259. The number of nitrogens with one attached hydrogen (secondary N) is 2. The first-order valence-electron chi connectivity index (χ1n) is 11.0. The molecule has 0 amide bonds. The van der Waals surface area contributed by atoms with Gasteiger partial charge in [0.05, 0.1) is 36.1 Å². The number of benzene rings is 1. The summed E-state index contributed by atoms with van der Waals surface area (Å²) in [6.07, 6.45) is 3.53. The van der Waals surface area contributed by atoms with E-state index in [1.165, 1.54) is 10.9 Å². The van der Waals surface area contributed by atoms with E-state index in [0.29, 0.717) is 35.5 Å². The van der Waals surface area contributed by atoms with E-state index in [9.17, 15) is 18.3 Å². The second-order valence-electron chi connectivity index (χ2n) is 8.94. The minimum Gasteiger partial charge on any atom is -0.394 e. The highest BCUT2D eigenvalue weighted by Gasteiger charge is 2.19. The summed E-state index contributed by atoms with van der Waals surface area (Å²) in [6.45, 7) is 5.91. The highest BCUT2D eigenvalue weighted by Crippen LogP contribution is 2.25. The first-order valence-corrected chi connectivity index (χ1v) is 12.9. The minimum atomic E-state index is -3.61. The van der Waals surface area contributed by atoms with Gasteiger partial charge in [-0.25, -0.2) is 13.4 Å². The molecule has 2 atom stereocenters. The van der Waals surface area contributed by atoms with Gasteiger partial charge in [-0.1, -0.05) is 32.9 Å². The van der Waals surface area contributed by atoms with Crippen LogP contribution in [0.2, 0.25) is 0 Å². The van der Waals surface area contributed by atoms with Crippen molar-refractivity contribution in [1.29, 1.82) is 0 Å². The van der Waals surface area contributed by atoms with Crippen molar-refractivity contribution < 1.29 is 13.5 Å². The zero-order valence-electron chi connectivity index (χ0n) is 20.0. The molecule has 184 valence electrons. The molecular weight excluding hydrogens is 458 g/mol. The molecule has 34 heavy (non-hydrogen) atoms. The summed E-state index contributed by atoms with van der Waals surface area (Å²) >= 11 is 0. The third kappa shape index (κ3) is 6.48. The van der Waals surface area contributed by atoms with Crippen molar-refractivity contribution in [3.8, 4) is 0 Å². The molecule has 0 aliphatic heterocycles. The Bertz CT molecular complexity index is 1320. The average Bonchev–Trinajstić information content (AvgIpc) is 2.73. The second kappa shape index (κ2) is 10.4. The Kier molecular flexibility index (Phi) is 7.82. The largest absolute Gasteiger partial charge is 0.394 e. The molecule has 2 aromatic heterocycles. The Morgan fingerprint density at radius 2 is 1.82 bits per heavy atom. The van der Waals surface area contributed by atoms with Crippen molar-refractivity contribution in [3.63, 3.8) is 0 Å². The van der Waals surface area contributed by atoms with Gasteiger partial charge in [0.1, 0.15) is 5.82 Å². The number of aromatic nitrogens is 5. The molecule has 0 fully saturated rings. The molecule has 0 bridgehead atoms. The maximum absolute atomic E-state index is 12.5. The summed E-state index contributed by atoms with van der Waals surface area (Å²) in [5.74, 6) is 0.625. The van der Waals surface area contributed by atoms with E-state index in [2.05, 4.69) is 30.0 Å². The van der Waals surface area contributed by atoms with Gasteiger partial charge in [-0.15, -0.1) is 0 Å². The number of nitrogens with zero attached hydrogens (tertiary/aromatic N) is 5. The number of aryl methyl sites for hydroxylation is 1. The number of aliphatic hydroxyl groups excluding tert-OH is 1. The summed E-state index contributed by atoms with van der Waals surface area (Å²) in [5.41, 5.74) is 1.33. The lowest BCUT2D eigenvalue weighted by atomic mass is 9.95. The van der Waals surface area contributed by atoms with E-state index in [0.717, 1.165) is 11.8 Å². The van der Waals surface area contributed by atoms with E-state index in [1.54, 1.807) is 13.1 Å². The monoisotopic (exact) mass is 489 g/mol. The number of para-hydroxylation sites is 1. The van der Waals surface area contributed by atoms with E-state index in [1.807, 2.05) is 32.9 Å². The first-order chi connectivity index (χ1) is 16.0. The fraction of sp³-hybridized carbons (Fsp3) is 0.500. The lowest BCUT2D eigenvalue weighted by Crippen LogP contribution is -2.27. The summed E-state index contributed by atoms with van der Waals surface area (Å²) in [7, 11) is -1.96. The molecule has 3 N–H and O–H groups in total. The average molecular weight is 490 g/mol. The van der Waals surface area contributed by atoms with Crippen LogP contribution in [-0.4, -0.2) is 56.9 Å². The molecule has 2 heterocycles. The van der Waals surface area contributed by atoms with Gasteiger partial charge in [0.2, 0.25) is 21.9 Å². The van der Waals surface area contributed by atoms with Crippen molar-refractivity contribution in [2.24, 2.45) is 13.0 Å². The van der Waals surface area contributed by atoms with Crippen LogP contribution in [-0.2, 0) is 23.5 Å². The van der Waals surface area contributed by atoms with Crippen LogP contribution in [0.25, 0.3) is 10.9 Å². The number of aliphatic hydroxyl groups is 1. The molecule has 11 nitrogen and oxygen atoms in total. The highest BCUT2D eigenvalue weighted by atomic mass is 32.2. The SMILES string of the molecule is CC(C)CC(CO)Nc1nc(CC(C)c2cccc3c(=O)n(C)cnc23)nc(NS(C)(=O)=O)n1. The van der Waals surface area contributed by atoms with E-state index in [-0.39, 0.29) is 36.0 Å². The predicted molar refractivity (Wildman–Crippen MR) is 131 cm³/mol. The maximum Gasteiger partial charge on any atom is 0.260 e. The topological polar surface area (TPSA) is 152 Å². The van der Waals surface area contributed by atoms with Crippen molar-refractivity contribution >= 4 is 32.8 Å². The van der Waals surface area contributed by atoms with E-state index >= 15 is 0 Å². The normalized spacial score (nSPS) is 13.7. The van der Waals surface area contributed by atoms with Gasteiger partial charge in [0, 0.05) is 13.5 Å². The fourth-order valence-corrected chi connectivity index (χ4v) is 4.19. The Morgan fingerprint density at radius 1 is 1.12 bits per heavy atom. The van der Waals surface area contributed by atoms with Gasteiger partial charge in [-0.05, 0) is 29.9 Å². The highest BCUT2D eigenvalue weighted by molar-refractivity contribution is 7.91. The standard InChI is InChI=1S/C22H31N7O4S/c1-13(2)9-15(11-30)24-21-25-18(26-22(27-21)28-34(5,32)33)10-14(3)16-7-6-8-17-19(16)23-12-29(4)20(17)31/h6-8,12-15,30H,9-11H2,1-5H3,(H2,24,25,26,27,28). The Morgan fingerprint density at radius 3 is 2.47 bits per heavy atom. The number of sulfonamides is 1. The summed E-state index contributed by atoms with van der Waals surface area (Å²) in [5, 5.41) is 13.3. The lowest BCUT2D eigenvalue weighted by Gasteiger charge is -2.19. The summed E-state index contributed by atoms with van der Waals surface area (Å²) in [4.78, 5) is 29.9. The van der Waals surface area contributed by atoms with E-state index in [4.69, 9.17) is 0 Å². The maximum atomic E-state index is 12.5. The third-order valence-electron chi connectivity index (χ3n) is 5.27. The molecule has 12 heteroatoms. The van der Waals surface area contributed by atoms with Crippen LogP contribution in [0.4, 0.5) is 11.9 Å². The summed E-state index contributed by atoms with van der Waals surface area (Å²) < 4.78 is 27.3. The second-order valence-corrected chi connectivity index (χ2v) is 10.7. The molecule has 0 spiro atoms. The van der Waals surface area contributed by atoms with E-state index < -0.39 is 10.0 Å². The number of rotatable bonds is 10. The number of hydrogen-bond acceptors (Lipinski definition) is 9. The molecule has 1 aromatic carbocycles. The molecule has 2 unspecified atom stereocenters. The van der Waals surface area contributed by atoms with Gasteiger partial charge in [0.25, 0.3) is 5.56 Å². The number of fused-ring (bicyclic) bond motifs is 1. The van der Waals surface area contributed by atoms with Crippen LogP contribution in [0.5, 0.6) is 0 Å². The van der Waals surface area contributed by atoms with Crippen LogP contribution in [0.15, 0.2) is 29.3 Å². The molecule has 0 saturated heterocycles. The van der Waals surface area contributed by atoms with Crippen molar-refractivity contribution in [3.05, 3.63) is 46.3 Å². The third-order valence-corrected chi connectivity index (χ3v) is 5.82. The smallest absolute Gasteiger partial charge is 0.260 e. The first kappa shape index (κ1) is 25.5. The number of anilines is 2. The Balaban J connectivity index is 1.96. The zero-order valence-corrected chi connectivity index (χ0v) is 20.8. The van der Waals surface area contributed by atoms with Gasteiger partial charge in [-0.3, -0.25) is 9.52 Å². The fourth-order valence-electron chi connectivity index (χ4n) is 3.76. The zero-order chi connectivity index (χ0) is 25.0. The molecule has 0 aliphatic rings. The van der Waals surface area contributed by atoms with Crippen LogP contribution in [0.3, 0.4) is 0 Å². The molecular formula is C22H31N7O4S. The minimum absolute atomic E-state index is 0.103. The van der Waals surface area contributed by atoms with Crippen molar-refractivity contribution in [2.45, 2.75) is 45.6 Å².